The second kappa shape index (κ2) is 4.94. The molecule has 1 unspecified atom stereocenters. The van der Waals surface area contributed by atoms with E-state index in [9.17, 15) is 4.79 Å². The van der Waals surface area contributed by atoms with Crippen molar-refractivity contribution in [2.24, 2.45) is 16.8 Å². The Kier molecular flexibility index (Phi) is 3.86. The number of hydrogen-bond acceptors (Lipinski definition) is 3. The van der Waals surface area contributed by atoms with Gasteiger partial charge in [0.1, 0.15) is 5.70 Å². The van der Waals surface area contributed by atoms with Crippen molar-refractivity contribution in [1.29, 1.82) is 0 Å². The number of rotatable bonds is 3. The lowest BCUT2D eigenvalue weighted by Crippen LogP contribution is -2.16. The van der Waals surface area contributed by atoms with Crippen LogP contribution >= 0.6 is 0 Å². The van der Waals surface area contributed by atoms with Crippen molar-refractivity contribution in [3.8, 4) is 0 Å². The van der Waals surface area contributed by atoms with Crippen LogP contribution in [0.1, 0.15) is 27.2 Å². The van der Waals surface area contributed by atoms with Crippen LogP contribution in [-0.2, 0) is 9.53 Å². The van der Waals surface area contributed by atoms with Gasteiger partial charge in [0.2, 0.25) is 0 Å². The molecule has 78 valence electrons. The number of esters is 1. The molecule has 1 aliphatic rings. The molecule has 0 fully saturated rings. The van der Waals surface area contributed by atoms with E-state index in [-0.39, 0.29) is 5.97 Å². The second-order valence-electron chi connectivity index (χ2n) is 3.73. The zero-order valence-corrected chi connectivity index (χ0v) is 8.99. The van der Waals surface area contributed by atoms with Crippen LogP contribution in [0.4, 0.5) is 0 Å². The molecule has 14 heavy (non-hydrogen) atoms. The molecule has 1 rings (SSSR count). The van der Waals surface area contributed by atoms with E-state index in [0.717, 1.165) is 6.42 Å². The maximum atomic E-state index is 11.3. The minimum absolute atomic E-state index is 0.314. The van der Waals surface area contributed by atoms with E-state index < -0.39 is 0 Å². The summed E-state index contributed by atoms with van der Waals surface area (Å²) in [5.41, 5.74) is 0.448. The van der Waals surface area contributed by atoms with Gasteiger partial charge in [0, 0.05) is 12.1 Å². The first-order valence-corrected chi connectivity index (χ1v) is 5.06. The Morgan fingerprint density at radius 3 is 2.86 bits per heavy atom. The van der Waals surface area contributed by atoms with E-state index in [1.54, 1.807) is 6.92 Å². The number of nitrogens with zero attached hydrogens (tertiary/aromatic N) is 1. The van der Waals surface area contributed by atoms with Crippen LogP contribution in [0.3, 0.4) is 0 Å². The largest absolute Gasteiger partial charge is 0.461 e. The zero-order chi connectivity index (χ0) is 10.6. The number of carbonyl (C=O) groups excluding carboxylic acids is 1. The van der Waals surface area contributed by atoms with E-state index in [1.807, 2.05) is 12.3 Å². The van der Waals surface area contributed by atoms with Crippen LogP contribution in [0.25, 0.3) is 0 Å². The first-order valence-electron chi connectivity index (χ1n) is 5.06. The standard InChI is InChI=1S/C11H17NO2/c1-4-14-11(13)10-6-5-9(7-12-10)8(2)3/h6-9H,4-5H2,1-3H3. The Balaban J connectivity index is 2.54. The Hall–Kier alpha value is -1.12. The van der Waals surface area contributed by atoms with E-state index in [2.05, 4.69) is 18.8 Å². The normalized spacial score (nSPS) is 20.9. The summed E-state index contributed by atoms with van der Waals surface area (Å²) in [6.07, 6.45) is 4.61. The van der Waals surface area contributed by atoms with Gasteiger partial charge in [-0.15, -0.1) is 0 Å². The Morgan fingerprint density at radius 1 is 1.71 bits per heavy atom. The highest BCUT2D eigenvalue weighted by Crippen LogP contribution is 2.19. The van der Waals surface area contributed by atoms with Gasteiger partial charge in [-0.3, -0.25) is 4.99 Å². The van der Waals surface area contributed by atoms with Gasteiger partial charge >= 0.3 is 5.97 Å². The zero-order valence-electron chi connectivity index (χ0n) is 8.99. The van der Waals surface area contributed by atoms with Crippen molar-refractivity contribution in [3.05, 3.63) is 11.8 Å². The lowest BCUT2D eigenvalue weighted by atomic mass is 9.92. The fraction of sp³-hybridized carbons (Fsp3) is 0.636. The third-order valence-electron chi connectivity index (χ3n) is 2.33. The summed E-state index contributed by atoms with van der Waals surface area (Å²) < 4.78 is 4.86. The first kappa shape index (κ1) is 11.0. The molecule has 0 aliphatic carbocycles. The van der Waals surface area contributed by atoms with Crippen molar-refractivity contribution in [2.45, 2.75) is 27.2 Å². The minimum Gasteiger partial charge on any atom is -0.461 e. The van der Waals surface area contributed by atoms with Crippen molar-refractivity contribution in [3.63, 3.8) is 0 Å². The number of ether oxygens (including phenoxy) is 1. The SMILES string of the molecule is CCOC(=O)C1=CCC(C(C)C)C=N1. The number of carbonyl (C=O) groups is 1. The molecule has 0 saturated heterocycles. The van der Waals surface area contributed by atoms with Crippen LogP contribution in [0.2, 0.25) is 0 Å². The molecule has 0 spiro atoms. The third-order valence-corrected chi connectivity index (χ3v) is 2.33. The van der Waals surface area contributed by atoms with Crippen LogP contribution in [0, 0.1) is 11.8 Å². The molecular formula is C11H17NO2. The molecule has 1 aliphatic heterocycles. The predicted octanol–water partition coefficient (Wildman–Crippen LogP) is 2.18. The highest BCUT2D eigenvalue weighted by molar-refractivity contribution is 5.90. The molecule has 0 N–H and O–H groups in total. The monoisotopic (exact) mass is 195 g/mol. The summed E-state index contributed by atoms with van der Waals surface area (Å²) in [4.78, 5) is 15.4. The van der Waals surface area contributed by atoms with Gasteiger partial charge in [0.05, 0.1) is 6.61 Å². The van der Waals surface area contributed by atoms with Crippen LogP contribution in [0.15, 0.2) is 16.8 Å². The predicted molar refractivity (Wildman–Crippen MR) is 56.2 cm³/mol. The quantitative estimate of drug-likeness (QED) is 0.647. The molecule has 3 nitrogen and oxygen atoms in total. The van der Waals surface area contributed by atoms with Gasteiger partial charge < -0.3 is 4.74 Å². The Bertz CT molecular complexity index is 266. The van der Waals surface area contributed by atoms with Gasteiger partial charge in [-0.1, -0.05) is 19.9 Å². The fourth-order valence-electron chi connectivity index (χ4n) is 1.32. The number of allylic oxidation sites excluding steroid dienone is 1. The molecule has 3 heteroatoms. The first-order chi connectivity index (χ1) is 6.65. The summed E-state index contributed by atoms with van der Waals surface area (Å²) in [5, 5.41) is 0. The van der Waals surface area contributed by atoms with Gasteiger partial charge in [0.25, 0.3) is 0 Å². The Labute approximate surface area is 84.9 Å². The van der Waals surface area contributed by atoms with Crippen LogP contribution < -0.4 is 0 Å². The van der Waals surface area contributed by atoms with Crippen LogP contribution in [0.5, 0.6) is 0 Å². The number of aliphatic imine (C=N–C) groups is 1. The van der Waals surface area contributed by atoms with E-state index in [4.69, 9.17) is 4.74 Å². The molecule has 0 saturated carbocycles. The van der Waals surface area contributed by atoms with E-state index in [1.165, 1.54) is 0 Å². The van der Waals surface area contributed by atoms with Crippen molar-refractivity contribution in [1.82, 2.24) is 0 Å². The third kappa shape index (κ3) is 2.69. The topological polar surface area (TPSA) is 38.7 Å². The van der Waals surface area contributed by atoms with Gasteiger partial charge in [-0.05, 0) is 19.3 Å². The lowest BCUT2D eigenvalue weighted by molar-refractivity contribution is -0.138. The molecule has 0 amide bonds. The second-order valence-corrected chi connectivity index (χ2v) is 3.73. The summed E-state index contributed by atoms with van der Waals surface area (Å²) >= 11 is 0. The van der Waals surface area contributed by atoms with Gasteiger partial charge in [0.15, 0.2) is 0 Å². The Morgan fingerprint density at radius 2 is 2.43 bits per heavy atom. The molecule has 0 radical (unpaired) electrons. The van der Waals surface area contributed by atoms with Crippen LogP contribution in [-0.4, -0.2) is 18.8 Å². The summed E-state index contributed by atoms with van der Waals surface area (Å²) in [5.74, 6) is 0.706. The van der Waals surface area contributed by atoms with E-state index in [0.29, 0.717) is 24.1 Å². The van der Waals surface area contributed by atoms with Crippen molar-refractivity contribution < 1.29 is 9.53 Å². The van der Waals surface area contributed by atoms with Crippen molar-refractivity contribution >= 4 is 12.2 Å². The molecule has 1 heterocycles. The van der Waals surface area contributed by atoms with Gasteiger partial charge in [-0.2, -0.15) is 0 Å². The smallest absolute Gasteiger partial charge is 0.356 e. The molecule has 0 bridgehead atoms. The molecular weight excluding hydrogens is 178 g/mol. The van der Waals surface area contributed by atoms with E-state index >= 15 is 0 Å². The van der Waals surface area contributed by atoms with Crippen molar-refractivity contribution in [2.75, 3.05) is 6.61 Å². The van der Waals surface area contributed by atoms with Gasteiger partial charge in [-0.25, -0.2) is 4.79 Å². The molecule has 1 atom stereocenters. The minimum atomic E-state index is -0.314. The highest BCUT2D eigenvalue weighted by atomic mass is 16.5. The summed E-state index contributed by atoms with van der Waals surface area (Å²) in [6, 6.07) is 0. The maximum Gasteiger partial charge on any atom is 0.356 e. The summed E-state index contributed by atoms with van der Waals surface area (Å²) in [6.45, 7) is 6.50. The molecule has 0 aromatic carbocycles. The fourth-order valence-corrected chi connectivity index (χ4v) is 1.32. The average Bonchev–Trinajstić information content (AvgIpc) is 2.18. The number of hydrogen-bond donors (Lipinski definition) is 0. The summed E-state index contributed by atoms with van der Waals surface area (Å²) in [7, 11) is 0. The molecule has 0 aromatic rings. The molecule has 0 aromatic heterocycles. The lowest BCUT2D eigenvalue weighted by Gasteiger charge is -2.17. The average molecular weight is 195 g/mol. The maximum absolute atomic E-state index is 11.3. The highest BCUT2D eigenvalue weighted by Gasteiger charge is 2.17.